The summed E-state index contributed by atoms with van der Waals surface area (Å²) in [6.45, 7) is 8.89. The second kappa shape index (κ2) is 13.3. The summed E-state index contributed by atoms with van der Waals surface area (Å²) >= 11 is 0. The molecule has 8 nitrogen and oxygen atoms in total. The summed E-state index contributed by atoms with van der Waals surface area (Å²) in [6, 6.07) is 14.6. The van der Waals surface area contributed by atoms with Gasteiger partial charge in [0.2, 0.25) is 0 Å². The first-order chi connectivity index (χ1) is 16.2. The molecule has 0 spiro atoms. The maximum atomic E-state index is 5.62. The molecule has 1 saturated heterocycles. The monoisotopic (exact) mass is 575 g/mol. The fourth-order valence-electron chi connectivity index (χ4n) is 3.80. The lowest BCUT2D eigenvalue weighted by molar-refractivity contribution is 0.0529. The Labute approximate surface area is 218 Å². The number of ether oxygens (including phenoxy) is 1. The molecule has 1 unspecified atom stereocenters. The first-order valence-electron chi connectivity index (χ1n) is 11.6. The van der Waals surface area contributed by atoms with Crippen molar-refractivity contribution in [3.8, 4) is 5.69 Å². The smallest absolute Gasteiger partial charge is 0.191 e. The molecule has 1 aromatic carbocycles. The Bertz CT molecular complexity index is 1010. The van der Waals surface area contributed by atoms with Gasteiger partial charge in [-0.05, 0) is 55.7 Å². The molecule has 1 fully saturated rings. The van der Waals surface area contributed by atoms with Crippen molar-refractivity contribution in [3.63, 3.8) is 0 Å². The summed E-state index contributed by atoms with van der Waals surface area (Å²) in [5.41, 5.74) is 3.42. The lowest BCUT2D eigenvalue weighted by Gasteiger charge is -2.32. The van der Waals surface area contributed by atoms with E-state index in [-0.39, 0.29) is 30.1 Å². The largest absolute Gasteiger partial charge is 0.375 e. The quantitative estimate of drug-likeness (QED) is 0.244. The zero-order valence-corrected chi connectivity index (χ0v) is 22.2. The molecule has 0 radical (unpaired) electrons. The molecule has 0 aliphatic carbocycles. The van der Waals surface area contributed by atoms with Crippen molar-refractivity contribution >= 4 is 35.8 Å². The number of anilines is 1. The molecule has 4 rings (SSSR count). The van der Waals surface area contributed by atoms with Crippen LogP contribution in [0.25, 0.3) is 5.69 Å². The van der Waals surface area contributed by atoms with E-state index in [0.29, 0.717) is 6.54 Å². The van der Waals surface area contributed by atoms with Crippen LogP contribution in [0.3, 0.4) is 0 Å². The van der Waals surface area contributed by atoms with E-state index >= 15 is 0 Å². The summed E-state index contributed by atoms with van der Waals surface area (Å²) in [6.07, 6.45) is 6.81. The van der Waals surface area contributed by atoms with Gasteiger partial charge in [0.1, 0.15) is 5.82 Å². The average Bonchev–Trinajstić information content (AvgIpc) is 3.38. The van der Waals surface area contributed by atoms with Gasteiger partial charge in [-0.1, -0.05) is 18.2 Å². The van der Waals surface area contributed by atoms with Gasteiger partial charge in [0.15, 0.2) is 5.96 Å². The zero-order chi connectivity index (χ0) is 22.9. The molecule has 2 aromatic heterocycles. The molecule has 0 amide bonds. The first kappa shape index (κ1) is 26.0. The number of aliphatic imine (C=N–C) groups is 1. The normalized spacial score (nSPS) is 16.1. The third-order valence-electron chi connectivity index (χ3n) is 5.55. The van der Waals surface area contributed by atoms with E-state index in [1.165, 1.54) is 5.56 Å². The minimum atomic E-state index is 0. The Morgan fingerprint density at radius 2 is 1.97 bits per heavy atom. The second-order valence-corrected chi connectivity index (χ2v) is 8.14. The van der Waals surface area contributed by atoms with Gasteiger partial charge in [0.05, 0.1) is 24.9 Å². The van der Waals surface area contributed by atoms with Crippen molar-refractivity contribution in [1.82, 2.24) is 25.4 Å². The number of halogens is 1. The predicted octanol–water partition coefficient (Wildman–Crippen LogP) is 3.41. The topological polar surface area (TPSA) is 79.6 Å². The van der Waals surface area contributed by atoms with E-state index in [9.17, 15) is 0 Å². The van der Waals surface area contributed by atoms with E-state index in [1.807, 2.05) is 23.1 Å². The highest BCUT2D eigenvalue weighted by Gasteiger charge is 2.17. The van der Waals surface area contributed by atoms with Gasteiger partial charge in [0.25, 0.3) is 0 Å². The number of nitrogens with one attached hydrogen (secondary N) is 2. The fourth-order valence-corrected chi connectivity index (χ4v) is 3.80. The van der Waals surface area contributed by atoms with Gasteiger partial charge < -0.3 is 20.3 Å². The van der Waals surface area contributed by atoms with E-state index in [0.717, 1.165) is 62.2 Å². The summed E-state index contributed by atoms with van der Waals surface area (Å²) in [4.78, 5) is 11.6. The Morgan fingerprint density at radius 1 is 1.15 bits per heavy atom. The van der Waals surface area contributed by atoms with Crippen LogP contribution in [0.2, 0.25) is 0 Å². The molecule has 0 bridgehead atoms. The number of aromatic nitrogens is 3. The molecule has 1 aliphatic rings. The first-order valence-corrected chi connectivity index (χ1v) is 11.6. The molecule has 1 atom stereocenters. The van der Waals surface area contributed by atoms with Crippen LogP contribution in [0.15, 0.2) is 66.0 Å². The molecule has 182 valence electrons. The number of guanidine groups is 1. The van der Waals surface area contributed by atoms with Crippen LogP contribution in [0.5, 0.6) is 0 Å². The summed E-state index contributed by atoms with van der Waals surface area (Å²) in [7, 11) is 0. The van der Waals surface area contributed by atoms with Crippen molar-refractivity contribution < 1.29 is 4.74 Å². The van der Waals surface area contributed by atoms with Crippen LogP contribution in [0.1, 0.15) is 25.0 Å². The number of nitrogens with zero attached hydrogens (tertiary/aromatic N) is 5. The number of rotatable bonds is 8. The van der Waals surface area contributed by atoms with Crippen LogP contribution in [-0.4, -0.2) is 59.6 Å². The van der Waals surface area contributed by atoms with E-state index in [4.69, 9.17) is 9.73 Å². The summed E-state index contributed by atoms with van der Waals surface area (Å²) in [5, 5.41) is 11.0. The Kier molecular flexibility index (Phi) is 10.1. The van der Waals surface area contributed by atoms with Crippen LogP contribution >= 0.6 is 24.0 Å². The third kappa shape index (κ3) is 7.42. The number of hydrogen-bond donors (Lipinski definition) is 2. The van der Waals surface area contributed by atoms with Crippen molar-refractivity contribution in [3.05, 3.63) is 72.2 Å². The van der Waals surface area contributed by atoms with E-state index in [2.05, 4.69) is 75.9 Å². The molecular formula is C25H34IN7O. The maximum Gasteiger partial charge on any atom is 0.191 e. The van der Waals surface area contributed by atoms with Crippen molar-refractivity contribution in [2.45, 2.75) is 32.9 Å². The lowest BCUT2D eigenvalue weighted by atomic mass is 10.1. The Balaban J connectivity index is 0.00000324. The molecule has 9 heteroatoms. The number of benzene rings is 1. The lowest BCUT2D eigenvalue weighted by Crippen LogP contribution is -2.41. The Morgan fingerprint density at radius 3 is 2.65 bits per heavy atom. The summed E-state index contributed by atoms with van der Waals surface area (Å²) < 4.78 is 7.48. The maximum absolute atomic E-state index is 5.62. The third-order valence-corrected chi connectivity index (χ3v) is 5.55. The minimum Gasteiger partial charge on any atom is -0.375 e. The van der Waals surface area contributed by atoms with Gasteiger partial charge in [-0.3, -0.25) is 0 Å². The van der Waals surface area contributed by atoms with Gasteiger partial charge in [-0.15, -0.1) is 24.0 Å². The van der Waals surface area contributed by atoms with Crippen molar-refractivity contribution in [2.24, 2.45) is 4.99 Å². The number of hydrogen-bond acceptors (Lipinski definition) is 5. The highest BCUT2D eigenvalue weighted by molar-refractivity contribution is 14.0. The minimum absolute atomic E-state index is 0. The summed E-state index contributed by atoms with van der Waals surface area (Å²) in [5.74, 6) is 1.82. The highest BCUT2D eigenvalue weighted by atomic mass is 127. The van der Waals surface area contributed by atoms with Crippen LogP contribution in [0, 0.1) is 0 Å². The van der Waals surface area contributed by atoms with E-state index < -0.39 is 0 Å². The molecule has 1 aliphatic heterocycles. The molecule has 0 saturated carbocycles. The molecule has 34 heavy (non-hydrogen) atoms. The SMILES string of the molecule is CCNC(=NCc1ccc(N2CCOC(C)C2)nc1)NCCc1ccc(-n2cccn2)cc1.I. The number of pyridine rings is 1. The predicted molar refractivity (Wildman–Crippen MR) is 147 cm³/mol. The van der Waals surface area contributed by atoms with Crippen molar-refractivity contribution in [2.75, 3.05) is 37.7 Å². The standard InChI is InChI=1S/C25H33N7O.HI/c1-3-26-25(27-13-11-21-5-8-23(9-6-21)32-14-4-12-30-32)29-18-22-7-10-24(28-17-22)31-15-16-33-20(2)19-31;/h4-10,12,14,17,20H,3,11,13,15-16,18-19H2,1-2H3,(H2,26,27,29);1H. The van der Waals surface area contributed by atoms with Gasteiger partial charge >= 0.3 is 0 Å². The van der Waals surface area contributed by atoms with Crippen molar-refractivity contribution in [1.29, 1.82) is 0 Å². The van der Waals surface area contributed by atoms with Gasteiger partial charge in [0, 0.05) is 44.8 Å². The molecular weight excluding hydrogens is 541 g/mol. The zero-order valence-electron chi connectivity index (χ0n) is 19.9. The number of morpholine rings is 1. The molecule has 3 aromatic rings. The molecule has 3 heterocycles. The van der Waals surface area contributed by atoms with E-state index in [1.54, 1.807) is 6.20 Å². The average molecular weight is 575 g/mol. The van der Waals surface area contributed by atoms with Crippen LogP contribution < -0.4 is 15.5 Å². The van der Waals surface area contributed by atoms with Crippen LogP contribution in [-0.2, 0) is 17.7 Å². The van der Waals surface area contributed by atoms with Crippen LogP contribution in [0.4, 0.5) is 5.82 Å². The molecule has 2 N–H and O–H groups in total. The van der Waals surface area contributed by atoms with Gasteiger partial charge in [-0.2, -0.15) is 5.10 Å². The fraction of sp³-hybridized carbons (Fsp3) is 0.400. The van der Waals surface area contributed by atoms with Gasteiger partial charge in [-0.25, -0.2) is 14.7 Å². The highest BCUT2D eigenvalue weighted by Crippen LogP contribution is 2.16. The Hall–Kier alpha value is -2.66. The second-order valence-electron chi connectivity index (χ2n) is 8.14.